The van der Waals surface area contributed by atoms with E-state index in [-0.39, 0.29) is 5.41 Å². The summed E-state index contributed by atoms with van der Waals surface area (Å²) in [6.45, 7) is 22.0. The maximum atomic E-state index is 6.70. The van der Waals surface area contributed by atoms with E-state index in [2.05, 4.69) is 198 Å². The minimum atomic E-state index is 0.0510. The van der Waals surface area contributed by atoms with Crippen molar-refractivity contribution in [2.24, 2.45) is 0 Å². The zero-order valence-electron chi connectivity index (χ0n) is 53.9. The number of benzene rings is 7. The van der Waals surface area contributed by atoms with E-state index in [1.54, 1.807) is 0 Å². The number of ether oxygens (including phenoxy) is 4. The van der Waals surface area contributed by atoms with Gasteiger partial charge in [0.15, 0.2) is 0 Å². The second-order valence-corrected chi connectivity index (χ2v) is 23.9. The fourth-order valence-corrected chi connectivity index (χ4v) is 10.0. The van der Waals surface area contributed by atoms with Crippen LogP contribution in [0.2, 0.25) is 0 Å². The van der Waals surface area contributed by atoms with Gasteiger partial charge in [-0.25, -0.2) is 0 Å². The summed E-state index contributed by atoms with van der Waals surface area (Å²) in [4.78, 5) is 2.28. The van der Waals surface area contributed by atoms with Crippen molar-refractivity contribution in [3.8, 4) is 81.4 Å². The molecule has 0 fully saturated rings. The second-order valence-electron chi connectivity index (χ2n) is 23.9. The topological polar surface area (TPSA) is 79.1 Å². The van der Waals surface area contributed by atoms with Crippen molar-refractivity contribution in [2.75, 3.05) is 31.3 Å². The van der Waals surface area contributed by atoms with E-state index in [0.717, 1.165) is 159 Å². The Balaban J connectivity index is 1.14. The van der Waals surface area contributed by atoms with Gasteiger partial charge in [-0.1, -0.05) is 209 Å². The van der Waals surface area contributed by atoms with Gasteiger partial charge in [-0.2, -0.15) is 0 Å². The first-order valence-electron chi connectivity index (χ1n) is 32.4. The van der Waals surface area contributed by atoms with Gasteiger partial charge in [-0.05, 0) is 135 Å². The number of aryl methyl sites for hydroxylation is 2. The van der Waals surface area contributed by atoms with Crippen LogP contribution in [0.3, 0.4) is 0 Å². The maximum absolute atomic E-state index is 6.70. The summed E-state index contributed by atoms with van der Waals surface area (Å²) in [6.07, 6.45) is 17.2. The Labute approximate surface area is 526 Å². The molecule has 0 aliphatic carbocycles. The van der Waals surface area contributed by atoms with Crippen LogP contribution >= 0.6 is 0 Å². The van der Waals surface area contributed by atoms with Gasteiger partial charge in [0.25, 0.3) is 0 Å². The largest absolute Gasteiger partial charge is 0.492 e. The highest BCUT2D eigenvalue weighted by Gasteiger charge is 2.18. The van der Waals surface area contributed by atoms with E-state index in [1.165, 1.54) is 16.7 Å². The van der Waals surface area contributed by atoms with Gasteiger partial charge in [0.05, 0.1) is 48.7 Å². The minimum absolute atomic E-state index is 0.0510. The third-order valence-corrected chi connectivity index (χ3v) is 15.5. The quantitative estimate of drug-likeness (QED) is 0.0339. The van der Waals surface area contributed by atoms with Gasteiger partial charge in [-0.15, -0.1) is 10.2 Å². The molecular formula is C80H91N3O5. The van der Waals surface area contributed by atoms with Crippen molar-refractivity contribution in [3.05, 3.63) is 196 Å². The third kappa shape index (κ3) is 19.7. The van der Waals surface area contributed by atoms with Crippen LogP contribution in [0.5, 0.6) is 23.0 Å². The van der Waals surface area contributed by atoms with Crippen LogP contribution < -0.4 is 23.8 Å². The molecule has 0 aliphatic heterocycles. The predicted molar refractivity (Wildman–Crippen MR) is 364 cm³/mol. The van der Waals surface area contributed by atoms with Crippen molar-refractivity contribution in [1.82, 2.24) is 10.2 Å². The monoisotopic (exact) mass is 1170 g/mol. The lowest BCUT2D eigenvalue weighted by molar-refractivity contribution is 0.295. The van der Waals surface area contributed by atoms with Crippen molar-refractivity contribution < 1.29 is 23.4 Å². The van der Waals surface area contributed by atoms with Crippen LogP contribution in [0.15, 0.2) is 150 Å². The zero-order valence-corrected chi connectivity index (χ0v) is 53.9. The van der Waals surface area contributed by atoms with Gasteiger partial charge in [0, 0.05) is 63.6 Å². The van der Waals surface area contributed by atoms with Crippen molar-refractivity contribution >= 4 is 17.1 Å². The van der Waals surface area contributed by atoms with E-state index in [4.69, 9.17) is 23.4 Å². The molecule has 7 aromatic carbocycles. The van der Waals surface area contributed by atoms with Crippen LogP contribution in [-0.4, -0.2) is 36.6 Å². The average Bonchev–Trinajstić information content (AvgIpc) is 2.50. The van der Waals surface area contributed by atoms with Crippen LogP contribution in [-0.2, 0) is 5.41 Å². The fraction of sp³-hybridized carbons (Fsp3) is 0.375. The number of hydrogen-bond acceptors (Lipinski definition) is 8. The lowest BCUT2D eigenvalue weighted by Gasteiger charge is -2.25. The van der Waals surface area contributed by atoms with Crippen LogP contribution in [0, 0.1) is 49.4 Å². The van der Waals surface area contributed by atoms with Crippen LogP contribution in [0.1, 0.15) is 201 Å². The molecule has 1 aromatic heterocycles. The van der Waals surface area contributed by atoms with Crippen molar-refractivity contribution in [1.29, 1.82) is 0 Å². The standard InChI is InChI=1S/C80H91N3O5/c1-10-14-18-22-52-84-74-58-68(76(86-54-24-20-16-12-3)56-66(74)38-32-62-30-36-64(37-31-62)78-81-82-79(88-78)65-42-44-70(45-43-65)80(7,8)9)40-41-69-59-75(85-53-23-19-15-11-2)67(57-77(69)87-55-25-21-17-13-4)39-33-63-34-50-73(51-35-63)83(71-46-26-60(5)27-47-71)72-48-28-61(6)29-49-72/h26-31,34-37,42-51,56-59H,10-25,52-55H2,1-9H3. The number of anilines is 3. The SMILES string of the molecule is CCCCCCOc1cc(C#Cc2cc(OCCCCCC)c(C#Cc3ccc(N(c4ccc(C)cc4)c4ccc(C)cc4)cc3)cc2OCCCCCC)c(OCCCCCC)cc1C#Cc1ccc(-c2nnc(-c3ccc(C(C)(C)C)cc3)o2)cc1. The maximum Gasteiger partial charge on any atom is 0.248 e. The molecule has 8 rings (SSSR count). The van der Waals surface area contributed by atoms with E-state index < -0.39 is 0 Å². The molecule has 0 amide bonds. The number of rotatable bonds is 29. The van der Waals surface area contributed by atoms with Gasteiger partial charge in [0.2, 0.25) is 11.8 Å². The van der Waals surface area contributed by atoms with Gasteiger partial charge < -0.3 is 28.3 Å². The summed E-state index contributed by atoms with van der Waals surface area (Å²) in [6, 6.07) is 50.1. The molecule has 0 radical (unpaired) electrons. The molecule has 0 N–H and O–H groups in total. The molecule has 88 heavy (non-hydrogen) atoms. The van der Waals surface area contributed by atoms with E-state index in [9.17, 15) is 0 Å². The van der Waals surface area contributed by atoms with Gasteiger partial charge in [-0.3, -0.25) is 0 Å². The van der Waals surface area contributed by atoms with Crippen molar-refractivity contribution in [2.45, 2.75) is 170 Å². The Morgan fingerprint density at radius 1 is 0.364 bits per heavy atom. The minimum Gasteiger partial charge on any atom is -0.492 e. The first kappa shape index (κ1) is 65.3. The summed E-state index contributed by atoms with van der Waals surface area (Å²) in [5.74, 6) is 24.6. The Hall–Kier alpha value is -8.64. The molecule has 0 aliphatic rings. The highest BCUT2D eigenvalue weighted by atomic mass is 16.5. The number of hydrogen-bond donors (Lipinski definition) is 0. The van der Waals surface area contributed by atoms with Crippen LogP contribution in [0.4, 0.5) is 17.1 Å². The van der Waals surface area contributed by atoms with Crippen LogP contribution in [0.25, 0.3) is 22.9 Å². The Bertz CT molecular complexity index is 3590. The first-order chi connectivity index (χ1) is 42.9. The molecule has 1 heterocycles. The summed E-state index contributed by atoms with van der Waals surface area (Å²) < 4.78 is 32.9. The summed E-state index contributed by atoms with van der Waals surface area (Å²) in [5.41, 5.74) is 13.3. The summed E-state index contributed by atoms with van der Waals surface area (Å²) in [7, 11) is 0. The number of unbranched alkanes of at least 4 members (excludes halogenated alkanes) is 12. The van der Waals surface area contributed by atoms with Crippen molar-refractivity contribution in [3.63, 3.8) is 0 Å². The molecule has 0 spiro atoms. The number of nitrogens with zero attached hydrogens (tertiary/aromatic N) is 3. The Morgan fingerprint density at radius 3 is 0.977 bits per heavy atom. The average molecular weight is 1170 g/mol. The van der Waals surface area contributed by atoms with E-state index in [0.29, 0.717) is 66.8 Å². The lowest BCUT2D eigenvalue weighted by atomic mass is 9.87. The molecule has 8 heteroatoms. The molecule has 8 aromatic rings. The van der Waals surface area contributed by atoms with E-state index in [1.807, 2.05) is 60.7 Å². The summed E-state index contributed by atoms with van der Waals surface area (Å²) in [5, 5.41) is 8.77. The molecule has 0 saturated heterocycles. The Morgan fingerprint density at radius 2 is 0.659 bits per heavy atom. The molecule has 456 valence electrons. The lowest BCUT2D eigenvalue weighted by Crippen LogP contribution is -2.10. The Kier molecular flexibility index (Phi) is 25.3. The third-order valence-electron chi connectivity index (χ3n) is 15.5. The molecular weight excluding hydrogens is 1080 g/mol. The number of aromatic nitrogens is 2. The molecule has 0 bridgehead atoms. The molecule has 8 nitrogen and oxygen atoms in total. The highest BCUT2D eigenvalue weighted by molar-refractivity contribution is 5.77. The van der Waals surface area contributed by atoms with E-state index >= 15 is 0 Å². The molecule has 0 saturated carbocycles. The smallest absolute Gasteiger partial charge is 0.248 e. The predicted octanol–water partition coefficient (Wildman–Crippen LogP) is 20.8. The molecule has 0 unspecified atom stereocenters. The molecule has 0 atom stereocenters. The van der Waals surface area contributed by atoms with Gasteiger partial charge >= 0.3 is 0 Å². The fourth-order valence-electron chi connectivity index (χ4n) is 10.0. The normalized spacial score (nSPS) is 11.0. The zero-order chi connectivity index (χ0) is 61.9. The van der Waals surface area contributed by atoms with Gasteiger partial charge in [0.1, 0.15) is 23.0 Å². The first-order valence-corrected chi connectivity index (χ1v) is 32.4. The second kappa shape index (κ2) is 34.0. The summed E-state index contributed by atoms with van der Waals surface area (Å²) >= 11 is 0. The highest BCUT2D eigenvalue weighted by Crippen LogP contribution is 2.37.